The van der Waals surface area contributed by atoms with Gasteiger partial charge in [-0.2, -0.15) is 5.10 Å². The molecule has 0 fully saturated rings. The van der Waals surface area contributed by atoms with Crippen molar-refractivity contribution in [2.45, 2.75) is 19.2 Å². The number of aliphatic hydroxyl groups is 1. The SMILES string of the molecule is COc1ccc(OC)c2c1CN(Cc1ccc3cn[nH]c3c1)C[C@H]2O. The smallest absolute Gasteiger partial charge is 0.125 e. The van der Waals surface area contributed by atoms with E-state index >= 15 is 0 Å². The Morgan fingerprint density at radius 3 is 2.80 bits per heavy atom. The third-order valence-corrected chi connectivity index (χ3v) is 4.77. The monoisotopic (exact) mass is 339 g/mol. The second-order valence-electron chi connectivity index (χ2n) is 6.34. The van der Waals surface area contributed by atoms with E-state index < -0.39 is 6.10 Å². The number of benzene rings is 2. The van der Waals surface area contributed by atoms with Gasteiger partial charge in [-0.05, 0) is 23.8 Å². The van der Waals surface area contributed by atoms with Crippen LogP contribution in [0.15, 0.2) is 36.5 Å². The van der Waals surface area contributed by atoms with Crippen molar-refractivity contribution >= 4 is 10.9 Å². The van der Waals surface area contributed by atoms with Gasteiger partial charge in [0.2, 0.25) is 0 Å². The van der Waals surface area contributed by atoms with Crippen LogP contribution in [0.25, 0.3) is 10.9 Å². The van der Waals surface area contributed by atoms with Crippen molar-refractivity contribution in [3.05, 3.63) is 53.2 Å². The van der Waals surface area contributed by atoms with E-state index in [0.717, 1.165) is 34.3 Å². The van der Waals surface area contributed by atoms with Crippen LogP contribution in [0.2, 0.25) is 0 Å². The highest BCUT2D eigenvalue weighted by atomic mass is 16.5. The van der Waals surface area contributed by atoms with E-state index in [2.05, 4.69) is 33.3 Å². The molecule has 2 aromatic carbocycles. The number of rotatable bonds is 4. The van der Waals surface area contributed by atoms with Crippen LogP contribution >= 0.6 is 0 Å². The summed E-state index contributed by atoms with van der Waals surface area (Å²) < 4.78 is 10.9. The normalized spacial score (nSPS) is 17.5. The zero-order valence-electron chi connectivity index (χ0n) is 14.3. The number of hydrogen-bond acceptors (Lipinski definition) is 5. The van der Waals surface area contributed by atoms with E-state index in [1.807, 2.05) is 18.3 Å². The summed E-state index contributed by atoms with van der Waals surface area (Å²) in [6, 6.07) is 10.0. The molecular weight excluding hydrogens is 318 g/mol. The molecule has 6 nitrogen and oxygen atoms in total. The van der Waals surface area contributed by atoms with Crippen LogP contribution in [-0.2, 0) is 13.1 Å². The molecule has 0 unspecified atom stereocenters. The summed E-state index contributed by atoms with van der Waals surface area (Å²) >= 11 is 0. The van der Waals surface area contributed by atoms with Gasteiger partial charge in [0, 0.05) is 36.1 Å². The standard InChI is InChI=1S/C19H21N3O3/c1-24-17-5-6-18(25-2)19-14(17)10-22(11-16(19)23)9-12-3-4-13-8-20-21-15(13)7-12/h3-8,16,23H,9-11H2,1-2H3,(H,20,21)/t16-/m1/s1. The number of hydrogen-bond donors (Lipinski definition) is 2. The lowest BCUT2D eigenvalue weighted by Gasteiger charge is -2.34. The molecule has 0 saturated carbocycles. The highest BCUT2D eigenvalue weighted by Crippen LogP contribution is 2.39. The Kier molecular flexibility index (Phi) is 4.07. The van der Waals surface area contributed by atoms with Crippen molar-refractivity contribution in [1.29, 1.82) is 0 Å². The van der Waals surface area contributed by atoms with Crippen LogP contribution in [-0.4, -0.2) is 41.0 Å². The highest BCUT2D eigenvalue weighted by Gasteiger charge is 2.29. The average molecular weight is 339 g/mol. The van der Waals surface area contributed by atoms with Crippen molar-refractivity contribution < 1.29 is 14.6 Å². The molecule has 2 N–H and O–H groups in total. The topological polar surface area (TPSA) is 70.6 Å². The number of H-pyrrole nitrogens is 1. The summed E-state index contributed by atoms with van der Waals surface area (Å²) in [5.41, 5.74) is 4.02. The van der Waals surface area contributed by atoms with E-state index in [-0.39, 0.29) is 0 Å². The van der Waals surface area contributed by atoms with Crippen molar-refractivity contribution in [2.75, 3.05) is 20.8 Å². The number of nitrogens with zero attached hydrogens (tertiary/aromatic N) is 2. The molecule has 1 atom stereocenters. The lowest BCUT2D eigenvalue weighted by atomic mass is 9.95. The molecule has 1 aliphatic rings. The summed E-state index contributed by atoms with van der Waals surface area (Å²) in [6.45, 7) is 2.00. The number of aromatic nitrogens is 2. The number of fused-ring (bicyclic) bond motifs is 2. The molecule has 25 heavy (non-hydrogen) atoms. The Morgan fingerprint density at radius 1 is 1.20 bits per heavy atom. The fourth-order valence-electron chi connectivity index (χ4n) is 3.61. The highest BCUT2D eigenvalue weighted by molar-refractivity contribution is 5.78. The molecule has 0 saturated heterocycles. The zero-order chi connectivity index (χ0) is 17.4. The number of aromatic amines is 1. The van der Waals surface area contributed by atoms with Crippen molar-refractivity contribution in [3.63, 3.8) is 0 Å². The maximum absolute atomic E-state index is 10.7. The molecule has 0 bridgehead atoms. The minimum absolute atomic E-state index is 0.553. The molecular formula is C19H21N3O3. The molecule has 2 heterocycles. The Bertz CT molecular complexity index is 906. The summed E-state index contributed by atoms with van der Waals surface area (Å²) in [6.07, 6.45) is 1.21. The molecule has 3 aromatic rings. The first-order chi connectivity index (χ1) is 12.2. The molecule has 130 valence electrons. The zero-order valence-corrected chi connectivity index (χ0v) is 14.3. The Hall–Kier alpha value is -2.57. The van der Waals surface area contributed by atoms with E-state index in [4.69, 9.17) is 9.47 Å². The van der Waals surface area contributed by atoms with Gasteiger partial charge in [0.1, 0.15) is 11.5 Å². The van der Waals surface area contributed by atoms with Crippen molar-refractivity contribution in [1.82, 2.24) is 15.1 Å². The van der Waals surface area contributed by atoms with Gasteiger partial charge >= 0.3 is 0 Å². The molecule has 4 rings (SSSR count). The van der Waals surface area contributed by atoms with E-state index in [9.17, 15) is 5.11 Å². The minimum atomic E-state index is -0.607. The fourth-order valence-corrected chi connectivity index (χ4v) is 3.61. The largest absolute Gasteiger partial charge is 0.496 e. The fraction of sp³-hybridized carbons (Fsp3) is 0.316. The van der Waals surface area contributed by atoms with Gasteiger partial charge in [-0.15, -0.1) is 0 Å². The Morgan fingerprint density at radius 2 is 2.00 bits per heavy atom. The summed E-state index contributed by atoms with van der Waals surface area (Å²) in [5, 5.41) is 18.8. The summed E-state index contributed by atoms with van der Waals surface area (Å²) in [5.74, 6) is 1.49. The third kappa shape index (κ3) is 2.83. The summed E-state index contributed by atoms with van der Waals surface area (Å²) in [4.78, 5) is 2.21. The molecule has 1 aromatic heterocycles. The van der Waals surface area contributed by atoms with Crippen LogP contribution in [0.1, 0.15) is 22.8 Å². The average Bonchev–Trinajstić information content (AvgIpc) is 3.08. The van der Waals surface area contributed by atoms with Crippen molar-refractivity contribution in [2.24, 2.45) is 0 Å². The molecule has 1 aliphatic heterocycles. The van der Waals surface area contributed by atoms with Crippen LogP contribution in [0.4, 0.5) is 0 Å². The number of β-amino-alcohol motifs (C(OH)–C–C–N with tert-alkyl or cyclic N) is 1. The maximum atomic E-state index is 10.7. The third-order valence-electron chi connectivity index (χ3n) is 4.77. The summed E-state index contributed by atoms with van der Waals surface area (Å²) in [7, 11) is 3.28. The lowest BCUT2D eigenvalue weighted by Crippen LogP contribution is -2.33. The number of ether oxygens (including phenoxy) is 2. The predicted octanol–water partition coefficient (Wildman–Crippen LogP) is 2.63. The molecule has 0 radical (unpaired) electrons. The Balaban J connectivity index is 1.64. The van der Waals surface area contributed by atoms with Gasteiger partial charge in [-0.3, -0.25) is 10.00 Å². The molecule has 6 heteroatoms. The first-order valence-corrected chi connectivity index (χ1v) is 8.25. The van der Waals surface area contributed by atoms with Crippen LogP contribution in [0.5, 0.6) is 11.5 Å². The lowest BCUT2D eigenvalue weighted by molar-refractivity contribution is 0.0843. The quantitative estimate of drug-likeness (QED) is 0.765. The van der Waals surface area contributed by atoms with Gasteiger partial charge in [-0.1, -0.05) is 12.1 Å². The number of nitrogens with one attached hydrogen (secondary N) is 1. The molecule has 0 aliphatic carbocycles. The van der Waals surface area contributed by atoms with Crippen LogP contribution in [0.3, 0.4) is 0 Å². The first kappa shape index (κ1) is 15.9. The van der Waals surface area contributed by atoms with Gasteiger partial charge in [-0.25, -0.2) is 0 Å². The van der Waals surface area contributed by atoms with Gasteiger partial charge in [0.05, 0.1) is 32.0 Å². The molecule has 0 spiro atoms. The van der Waals surface area contributed by atoms with Gasteiger partial charge in [0.25, 0.3) is 0 Å². The second kappa shape index (κ2) is 6.38. The number of methoxy groups -OCH3 is 2. The maximum Gasteiger partial charge on any atom is 0.125 e. The van der Waals surface area contributed by atoms with Gasteiger partial charge < -0.3 is 14.6 Å². The van der Waals surface area contributed by atoms with E-state index in [0.29, 0.717) is 18.8 Å². The second-order valence-corrected chi connectivity index (χ2v) is 6.34. The van der Waals surface area contributed by atoms with Crippen molar-refractivity contribution in [3.8, 4) is 11.5 Å². The minimum Gasteiger partial charge on any atom is -0.496 e. The predicted molar refractivity (Wildman–Crippen MR) is 94.7 cm³/mol. The molecule has 0 amide bonds. The van der Waals surface area contributed by atoms with E-state index in [1.54, 1.807) is 14.2 Å². The van der Waals surface area contributed by atoms with Gasteiger partial charge in [0.15, 0.2) is 0 Å². The first-order valence-electron chi connectivity index (χ1n) is 8.25. The van der Waals surface area contributed by atoms with E-state index in [1.165, 1.54) is 5.56 Å². The van der Waals surface area contributed by atoms with Crippen LogP contribution in [0, 0.1) is 0 Å². The Labute approximate surface area is 146 Å². The number of aliphatic hydroxyl groups excluding tert-OH is 1. The van der Waals surface area contributed by atoms with Crippen LogP contribution < -0.4 is 9.47 Å².